The van der Waals surface area contributed by atoms with Crippen molar-refractivity contribution < 1.29 is 14.5 Å². The molecule has 0 radical (unpaired) electrons. The smallest absolute Gasteiger partial charge is 0.286 e. The molecule has 8 nitrogen and oxygen atoms in total. The first kappa shape index (κ1) is 18.1. The van der Waals surface area contributed by atoms with Gasteiger partial charge in [-0.25, -0.2) is 0 Å². The van der Waals surface area contributed by atoms with Crippen molar-refractivity contribution in [2.24, 2.45) is 5.73 Å². The van der Waals surface area contributed by atoms with Gasteiger partial charge in [-0.15, -0.1) is 0 Å². The molecule has 1 aromatic heterocycles. The van der Waals surface area contributed by atoms with Crippen molar-refractivity contribution in [3.63, 3.8) is 0 Å². The zero-order valence-corrected chi connectivity index (χ0v) is 13.6. The van der Waals surface area contributed by atoms with E-state index in [1.165, 1.54) is 0 Å². The second-order valence-corrected chi connectivity index (χ2v) is 5.54. The number of nitrogens with zero attached hydrogens (tertiary/aromatic N) is 2. The Bertz CT molecular complexity index is 884. The lowest BCUT2D eigenvalue weighted by Gasteiger charge is -2.07. The van der Waals surface area contributed by atoms with Crippen molar-refractivity contribution in [2.45, 2.75) is 26.3 Å². The summed E-state index contributed by atoms with van der Waals surface area (Å²) in [5, 5.41) is 10.9. The van der Waals surface area contributed by atoms with Crippen molar-refractivity contribution in [3.8, 4) is 0 Å². The minimum absolute atomic E-state index is 0.374. The van der Waals surface area contributed by atoms with Gasteiger partial charge in [0.05, 0.1) is 17.7 Å². The number of nitrogens with two attached hydrogens (primary N) is 1. The van der Waals surface area contributed by atoms with E-state index in [1.54, 1.807) is 12.1 Å². The van der Waals surface area contributed by atoms with Crippen molar-refractivity contribution in [1.29, 1.82) is 0 Å². The molecule has 1 aromatic carbocycles. The molecule has 0 saturated heterocycles. The quantitative estimate of drug-likeness (QED) is 0.465. The van der Waals surface area contributed by atoms with Crippen molar-refractivity contribution >= 4 is 17.4 Å². The summed E-state index contributed by atoms with van der Waals surface area (Å²) >= 11 is 0. The summed E-state index contributed by atoms with van der Waals surface area (Å²) in [4.78, 5) is 46.0. The van der Waals surface area contributed by atoms with Crippen LogP contribution in [0.25, 0.3) is 0 Å². The summed E-state index contributed by atoms with van der Waals surface area (Å²) in [5.74, 6) is -1.49. The maximum Gasteiger partial charge on any atom is 0.286 e. The summed E-state index contributed by atoms with van der Waals surface area (Å²) in [7, 11) is 0. The number of primary amides is 1. The van der Waals surface area contributed by atoms with Crippen LogP contribution < -0.4 is 11.3 Å². The van der Waals surface area contributed by atoms with E-state index < -0.39 is 40.0 Å². The maximum absolute atomic E-state index is 12.4. The Morgan fingerprint density at radius 2 is 1.88 bits per heavy atom. The number of benzene rings is 1. The number of nitro groups is 1. The molecule has 0 saturated carbocycles. The largest absolute Gasteiger partial charge is 0.365 e. The number of hydrogen-bond acceptors (Lipinski definition) is 5. The topological polar surface area (TPSA) is 125 Å². The molecule has 0 unspecified atom stereocenters. The van der Waals surface area contributed by atoms with Crippen molar-refractivity contribution in [1.82, 2.24) is 4.57 Å². The molecule has 2 N–H and O–H groups in total. The molecular weight excluding hydrogens is 326 g/mol. The van der Waals surface area contributed by atoms with Gasteiger partial charge in [-0.2, -0.15) is 0 Å². The highest BCUT2D eigenvalue weighted by Gasteiger charge is 2.19. The van der Waals surface area contributed by atoms with E-state index in [0.29, 0.717) is 5.56 Å². The second-order valence-electron chi connectivity index (χ2n) is 5.54. The molecule has 2 rings (SSSR count). The van der Waals surface area contributed by atoms with Gasteiger partial charge in [-0.3, -0.25) is 24.5 Å². The molecule has 0 aliphatic heterocycles. The highest BCUT2D eigenvalue weighted by atomic mass is 16.6. The lowest BCUT2D eigenvalue weighted by Crippen LogP contribution is -2.31. The Balaban J connectivity index is 2.35. The predicted octanol–water partition coefficient (Wildman–Crippen LogP) is 1.69. The monoisotopic (exact) mass is 343 g/mol. The molecule has 0 aliphatic rings. The van der Waals surface area contributed by atoms with Gasteiger partial charge in [0.25, 0.3) is 17.2 Å². The molecule has 0 spiro atoms. The van der Waals surface area contributed by atoms with Crippen LogP contribution in [0.15, 0.2) is 41.3 Å². The van der Waals surface area contributed by atoms with E-state index in [0.717, 1.165) is 35.2 Å². The third-order valence-corrected chi connectivity index (χ3v) is 3.68. The predicted molar refractivity (Wildman–Crippen MR) is 90.6 cm³/mol. The van der Waals surface area contributed by atoms with E-state index in [-0.39, 0.29) is 0 Å². The van der Waals surface area contributed by atoms with E-state index in [9.17, 15) is 24.5 Å². The third-order valence-electron chi connectivity index (χ3n) is 3.68. The van der Waals surface area contributed by atoms with Crippen LogP contribution in [0.1, 0.15) is 39.6 Å². The van der Waals surface area contributed by atoms with Crippen LogP contribution in [0.4, 0.5) is 5.69 Å². The van der Waals surface area contributed by atoms with Crippen LogP contribution in [0.5, 0.6) is 0 Å². The van der Waals surface area contributed by atoms with Crippen LogP contribution in [-0.2, 0) is 13.0 Å². The molecule has 25 heavy (non-hydrogen) atoms. The zero-order chi connectivity index (χ0) is 18.6. The SMILES string of the molecule is CCCc1ccc(C(=O)Cn2cc([N+](=O)[O-])cc(C(N)=O)c2=O)cc1. The van der Waals surface area contributed by atoms with Gasteiger partial charge in [0, 0.05) is 11.6 Å². The van der Waals surface area contributed by atoms with Gasteiger partial charge in [0.15, 0.2) is 5.78 Å². The summed E-state index contributed by atoms with van der Waals surface area (Å²) in [6.45, 7) is 1.62. The Labute approximate surface area is 143 Å². The average Bonchev–Trinajstić information content (AvgIpc) is 2.57. The van der Waals surface area contributed by atoms with Crippen LogP contribution in [0, 0.1) is 10.1 Å². The van der Waals surface area contributed by atoms with E-state index in [4.69, 9.17) is 5.73 Å². The van der Waals surface area contributed by atoms with Gasteiger partial charge >= 0.3 is 0 Å². The first-order valence-corrected chi connectivity index (χ1v) is 7.64. The summed E-state index contributed by atoms with van der Waals surface area (Å²) in [6, 6.07) is 7.74. The van der Waals surface area contributed by atoms with Crippen LogP contribution in [0.2, 0.25) is 0 Å². The van der Waals surface area contributed by atoms with E-state index in [2.05, 4.69) is 0 Å². The van der Waals surface area contributed by atoms with E-state index >= 15 is 0 Å². The third kappa shape index (κ3) is 4.17. The maximum atomic E-state index is 12.4. The number of aryl methyl sites for hydroxylation is 1. The van der Waals surface area contributed by atoms with Crippen LogP contribution in [-0.4, -0.2) is 21.2 Å². The minimum Gasteiger partial charge on any atom is -0.365 e. The van der Waals surface area contributed by atoms with Gasteiger partial charge in [0.2, 0.25) is 0 Å². The molecule has 1 heterocycles. The summed E-state index contributed by atoms with van der Waals surface area (Å²) < 4.78 is 0.834. The standard InChI is InChI=1S/C17H17N3O5/c1-2-3-11-4-6-12(7-5-11)15(21)10-19-9-13(20(24)25)8-14(16(18)22)17(19)23/h4-9H,2-3,10H2,1H3,(H2,18,22). The fraction of sp³-hybridized carbons (Fsp3) is 0.235. The number of aromatic nitrogens is 1. The first-order valence-electron chi connectivity index (χ1n) is 7.64. The van der Waals surface area contributed by atoms with Crippen LogP contribution in [0.3, 0.4) is 0 Å². The van der Waals surface area contributed by atoms with Gasteiger partial charge < -0.3 is 10.3 Å². The molecule has 0 aliphatic carbocycles. The number of Topliss-reactive ketones (excluding diaryl/α,β-unsaturated/α-hetero) is 1. The lowest BCUT2D eigenvalue weighted by atomic mass is 10.1. The number of hydrogen-bond donors (Lipinski definition) is 1. The Kier molecular flexibility index (Phi) is 5.43. The molecule has 1 amide bonds. The fourth-order valence-electron chi connectivity index (χ4n) is 2.41. The van der Waals surface area contributed by atoms with E-state index in [1.807, 2.05) is 19.1 Å². The molecule has 0 bridgehead atoms. The summed E-state index contributed by atoms with van der Waals surface area (Å²) in [5.41, 5.74) is 4.69. The Morgan fingerprint density at radius 1 is 1.24 bits per heavy atom. The minimum atomic E-state index is -1.08. The molecule has 8 heteroatoms. The lowest BCUT2D eigenvalue weighted by molar-refractivity contribution is -0.385. The molecule has 130 valence electrons. The molecular formula is C17H17N3O5. The summed E-state index contributed by atoms with van der Waals surface area (Å²) in [6.07, 6.45) is 2.80. The molecule has 0 fully saturated rings. The fourth-order valence-corrected chi connectivity index (χ4v) is 2.41. The number of ketones is 1. The zero-order valence-electron chi connectivity index (χ0n) is 13.6. The van der Waals surface area contributed by atoms with Crippen molar-refractivity contribution in [2.75, 3.05) is 0 Å². The Hall–Kier alpha value is -3.29. The number of pyridine rings is 1. The number of carbonyl (C=O) groups is 2. The number of rotatable bonds is 7. The van der Waals surface area contributed by atoms with Gasteiger partial charge in [-0.05, 0) is 12.0 Å². The average molecular weight is 343 g/mol. The number of amides is 1. The number of carbonyl (C=O) groups excluding carboxylic acids is 2. The highest BCUT2D eigenvalue weighted by Crippen LogP contribution is 2.12. The van der Waals surface area contributed by atoms with Gasteiger partial charge in [-0.1, -0.05) is 37.6 Å². The first-order chi connectivity index (χ1) is 11.8. The van der Waals surface area contributed by atoms with Gasteiger partial charge in [0.1, 0.15) is 5.56 Å². The van der Waals surface area contributed by atoms with Crippen LogP contribution >= 0.6 is 0 Å². The second kappa shape index (κ2) is 7.52. The highest BCUT2D eigenvalue weighted by molar-refractivity contribution is 5.96. The Morgan fingerprint density at radius 3 is 2.40 bits per heavy atom. The molecule has 2 aromatic rings. The molecule has 0 atom stereocenters. The normalized spacial score (nSPS) is 10.4. The van der Waals surface area contributed by atoms with Crippen molar-refractivity contribution in [3.05, 3.63) is 73.7 Å².